The van der Waals surface area contributed by atoms with Crippen molar-refractivity contribution in [2.24, 2.45) is 0 Å². The van der Waals surface area contributed by atoms with Gasteiger partial charge in [-0.15, -0.1) is 0 Å². The van der Waals surface area contributed by atoms with Crippen LogP contribution in [-0.2, 0) is 4.74 Å². The van der Waals surface area contributed by atoms with E-state index in [-0.39, 0.29) is 5.75 Å². The van der Waals surface area contributed by atoms with E-state index in [0.717, 1.165) is 0 Å². The van der Waals surface area contributed by atoms with Crippen LogP contribution in [-0.4, -0.2) is 71.1 Å². The van der Waals surface area contributed by atoms with Gasteiger partial charge in [-0.05, 0) is 18.2 Å². The van der Waals surface area contributed by atoms with E-state index >= 15 is 0 Å². The number of carbonyl (C=O) groups excluding carboxylic acids is 1. The van der Waals surface area contributed by atoms with Crippen LogP contribution >= 0.6 is 0 Å². The Hall–Kier alpha value is -1.71. The molecule has 0 bridgehead atoms. The molecule has 1 aromatic carbocycles. The number of aldehydes is 1. The molecule has 2 rings (SSSR count). The summed E-state index contributed by atoms with van der Waals surface area (Å²) in [5, 5.41) is 38.5. The average Bonchev–Trinajstić information content (AvgIpc) is 2.55. The number of carbonyl (C=O) groups is 1. The number of rotatable bonds is 5. The molecule has 1 saturated heterocycles. The Balaban J connectivity index is 2.23. The number of benzene rings is 1. The van der Waals surface area contributed by atoms with Crippen molar-refractivity contribution >= 4 is 6.29 Å². The van der Waals surface area contributed by atoms with Crippen LogP contribution in [0.2, 0.25) is 0 Å². The number of hydrogen-bond donors (Lipinski definition) is 4. The standard InChI is InChI=1S/C14H18O8/c1-20-8-3-2-7(5-15)4-9(8)21-14-13(19)12(18)11(17)10(6-16)22-14/h2-5,10-14,16-19H,6H2,1H3/t10-,11-,12+,13-,14-/m1/s1. The van der Waals surface area contributed by atoms with Gasteiger partial charge in [0.15, 0.2) is 11.5 Å². The van der Waals surface area contributed by atoms with Gasteiger partial charge in [0.2, 0.25) is 6.29 Å². The predicted octanol–water partition coefficient (Wildman–Crippen LogP) is -1.31. The van der Waals surface area contributed by atoms with Gasteiger partial charge in [-0.25, -0.2) is 0 Å². The molecule has 0 aliphatic carbocycles. The Morgan fingerprint density at radius 2 is 1.91 bits per heavy atom. The zero-order valence-electron chi connectivity index (χ0n) is 11.8. The molecule has 0 amide bonds. The smallest absolute Gasteiger partial charge is 0.229 e. The molecule has 8 nitrogen and oxygen atoms in total. The average molecular weight is 314 g/mol. The number of aliphatic hydroxyl groups is 4. The molecule has 5 atom stereocenters. The first-order valence-corrected chi connectivity index (χ1v) is 6.62. The van der Waals surface area contributed by atoms with Crippen molar-refractivity contribution in [3.8, 4) is 11.5 Å². The first-order chi connectivity index (χ1) is 10.5. The summed E-state index contributed by atoms with van der Waals surface area (Å²) in [5.41, 5.74) is 0.320. The van der Waals surface area contributed by atoms with Crippen LogP contribution in [0.4, 0.5) is 0 Å². The fourth-order valence-electron chi connectivity index (χ4n) is 2.15. The fourth-order valence-corrected chi connectivity index (χ4v) is 2.15. The van der Waals surface area contributed by atoms with Gasteiger partial charge in [-0.3, -0.25) is 4.79 Å². The van der Waals surface area contributed by atoms with Crippen LogP contribution in [0.3, 0.4) is 0 Å². The Morgan fingerprint density at radius 1 is 1.18 bits per heavy atom. The molecule has 8 heteroatoms. The molecule has 0 aromatic heterocycles. The molecular weight excluding hydrogens is 296 g/mol. The van der Waals surface area contributed by atoms with Crippen molar-refractivity contribution in [1.29, 1.82) is 0 Å². The number of ether oxygens (including phenoxy) is 3. The summed E-state index contributed by atoms with van der Waals surface area (Å²) in [5.74, 6) is 0.416. The Labute approximate surface area is 126 Å². The molecule has 1 heterocycles. The van der Waals surface area contributed by atoms with Crippen LogP contribution in [0.15, 0.2) is 18.2 Å². The third kappa shape index (κ3) is 3.21. The number of hydrogen-bond acceptors (Lipinski definition) is 8. The van der Waals surface area contributed by atoms with E-state index in [1.165, 1.54) is 25.3 Å². The quantitative estimate of drug-likeness (QED) is 0.493. The topological polar surface area (TPSA) is 126 Å². The lowest BCUT2D eigenvalue weighted by atomic mass is 9.99. The number of methoxy groups -OCH3 is 1. The number of aliphatic hydroxyl groups excluding tert-OH is 4. The molecule has 1 aliphatic rings. The van der Waals surface area contributed by atoms with Crippen molar-refractivity contribution in [3.63, 3.8) is 0 Å². The van der Waals surface area contributed by atoms with E-state index < -0.39 is 37.3 Å². The molecule has 0 unspecified atom stereocenters. The monoisotopic (exact) mass is 314 g/mol. The second kappa shape index (κ2) is 7.03. The lowest BCUT2D eigenvalue weighted by Crippen LogP contribution is -2.60. The van der Waals surface area contributed by atoms with Crippen LogP contribution in [0.1, 0.15) is 10.4 Å². The third-order valence-electron chi connectivity index (χ3n) is 3.42. The summed E-state index contributed by atoms with van der Waals surface area (Å²) >= 11 is 0. The molecule has 4 N–H and O–H groups in total. The largest absolute Gasteiger partial charge is 0.493 e. The first kappa shape index (κ1) is 16.7. The highest BCUT2D eigenvalue weighted by molar-refractivity contribution is 5.76. The first-order valence-electron chi connectivity index (χ1n) is 6.62. The van der Waals surface area contributed by atoms with Crippen molar-refractivity contribution in [3.05, 3.63) is 23.8 Å². The Bertz CT molecular complexity index is 518. The summed E-state index contributed by atoms with van der Waals surface area (Å²) in [6, 6.07) is 4.41. The van der Waals surface area contributed by atoms with E-state index in [2.05, 4.69) is 0 Å². The maximum absolute atomic E-state index is 10.8. The molecule has 1 aliphatic heterocycles. The molecular formula is C14H18O8. The molecule has 0 radical (unpaired) electrons. The maximum Gasteiger partial charge on any atom is 0.229 e. The minimum atomic E-state index is -1.55. The van der Waals surface area contributed by atoms with Crippen LogP contribution < -0.4 is 9.47 Å². The van der Waals surface area contributed by atoms with E-state index in [4.69, 9.17) is 19.3 Å². The van der Waals surface area contributed by atoms with Crippen molar-refractivity contribution < 1.29 is 39.4 Å². The van der Waals surface area contributed by atoms with Gasteiger partial charge in [0, 0.05) is 5.56 Å². The minimum Gasteiger partial charge on any atom is -0.493 e. The predicted molar refractivity (Wildman–Crippen MR) is 72.8 cm³/mol. The summed E-state index contributed by atoms with van der Waals surface area (Å²) < 4.78 is 15.8. The van der Waals surface area contributed by atoms with Gasteiger partial charge in [-0.2, -0.15) is 0 Å². The van der Waals surface area contributed by atoms with Crippen molar-refractivity contribution in [1.82, 2.24) is 0 Å². The highest BCUT2D eigenvalue weighted by atomic mass is 16.7. The molecule has 1 aromatic rings. The lowest BCUT2D eigenvalue weighted by Gasteiger charge is -2.39. The second-order valence-electron chi connectivity index (χ2n) is 4.84. The minimum absolute atomic E-state index is 0.122. The van der Waals surface area contributed by atoms with Crippen LogP contribution in [0.25, 0.3) is 0 Å². The summed E-state index contributed by atoms with van der Waals surface area (Å²) in [6.07, 6.45) is -6.36. The van der Waals surface area contributed by atoms with Crippen molar-refractivity contribution in [2.75, 3.05) is 13.7 Å². The van der Waals surface area contributed by atoms with Gasteiger partial charge in [0.05, 0.1) is 13.7 Å². The van der Waals surface area contributed by atoms with E-state index in [1.54, 1.807) is 0 Å². The Morgan fingerprint density at radius 3 is 2.50 bits per heavy atom. The fraction of sp³-hybridized carbons (Fsp3) is 0.500. The van der Waals surface area contributed by atoms with E-state index in [0.29, 0.717) is 17.6 Å². The summed E-state index contributed by atoms with van der Waals surface area (Å²) in [6.45, 7) is -0.559. The third-order valence-corrected chi connectivity index (χ3v) is 3.42. The van der Waals surface area contributed by atoms with E-state index in [9.17, 15) is 20.1 Å². The highest BCUT2D eigenvalue weighted by Crippen LogP contribution is 2.31. The highest BCUT2D eigenvalue weighted by Gasteiger charge is 2.44. The molecule has 1 fully saturated rings. The molecule has 122 valence electrons. The summed E-state index contributed by atoms with van der Waals surface area (Å²) in [7, 11) is 1.40. The second-order valence-corrected chi connectivity index (χ2v) is 4.84. The van der Waals surface area contributed by atoms with Crippen LogP contribution in [0.5, 0.6) is 11.5 Å². The SMILES string of the molecule is COc1ccc(C=O)cc1O[C@@H]1O[C@H](CO)[C@@H](O)[C@H](O)[C@H]1O. The van der Waals surface area contributed by atoms with Crippen molar-refractivity contribution in [2.45, 2.75) is 30.7 Å². The maximum atomic E-state index is 10.8. The van der Waals surface area contributed by atoms with Crippen LogP contribution in [0, 0.1) is 0 Å². The Kier molecular flexibility index (Phi) is 5.33. The summed E-state index contributed by atoms with van der Waals surface area (Å²) in [4.78, 5) is 10.8. The lowest BCUT2D eigenvalue weighted by molar-refractivity contribution is -0.277. The van der Waals surface area contributed by atoms with Gasteiger partial charge < -0.3 is 34.6 Å². The molecule has 22 heavy (non-hydrogen) atoms. The van der Waals surface area contributed by atoms with Gasteiger partial charge in [-0.1, -0.05) is 0 Å². The van der Waals surface area contributed by atoms with Gasteiger partial charge in [0.1, 0.15) is 30.7 Å². The van der Waals surface area contributed by atoms with Gasteiger partial charge in [0.25, 0.3) is 0 Å². The molecule has 0 saturated carbocycles. The van der Waals surface area contributed by atoms with Gasteiger partial charge >= 0.3 is 0 Å². The molecule has 0 spiro atoms. The zero-order chi connectivity index (χ0) is 16.3. The zero-order valence-corrected chi connectivity index (χ0v) is 11.8. The normalized spacial score (nSPS) is 31.6. The van der Waals surface area contributed by atoms with E-state index in [1.807, 2.05) is 0 Å².